The Kier molecular flexibility index (Phi) is 6.00. The van der Waals surface area contributed by atoms with E-state index in [4.69, 9.17) is 4.74 Å². The van der Waals surface area contributed by atoms with Crippen molar-refractivity contribution >= 4 is 17.5 Å². The highest BCUT2D eigenvalue weighted by Crippen LogP contribution is 2.20. The monoisotopic (exact) mass is 419 g/mol. The minimum Gasteiger partial charge on any atom is -0.497 e. The number of amides is 2. The Bertz CT molecular complexity index is 1120. The number of methoxy groups -OCH3 is 1. The summed E-state index contributed by atoms with van der Waals surface area (Å²) in [4.78, 5) is 24.3. The Hall–Kier alpha value is -3.89. The Balaban J connectivity index is 1.66. The van der Waals surface area contributed by atoms with Crippen molar-refractivity contribution in [3.63, 3.8) is 0 Å². The number of carbonyl (C=O) groups is 2. The molecule has 0 spiro atoms. The zero-order chi connectivity index (χ0) is 21.8. The second-order valence-electron chi connectivity index (χ2n) is 6.09. The van der Waals surface area contributed by atoms with Crippen molar-refractivity contribution in [3.8, 4) is 11.4 Å². The summed E-state index contributed by atoms with van der Waals surface area (Å²) in [5, 5.41) is 12.1. The fourth-order valence-electron chi connectivity index (χ4n) is 2.59. The minimum absolute atomic E-state index is 0.0235. The predicted molar refractivity (Wildman–Crippen MR) is 99.9 cm³/mol. The molecule has 1 aromatic heterocycles. The molecule has 0 aliphatic rings. The van der Waals surface area contributed by atoms with Crippen molar-refractivity contribution in [1.82, 2.24) is 20.3 Å². The Labute approximate surface area is 168 Å². The third kappa shape index (κ3) is 4.24. The van der Waals surface area contributed by atoms with Crippen LogP contribution < -0.4 is 15.4 Å². The van der Waals surface area contributed by atoms with Gasteiger partial charge < -0.3 is 15.4 Å². The molecule has 0 saturated heterocycles. The van der Waals surface area contributed by atoms with Gasteiger partial charge in [0.25, 0.3) is 5.91 Å². The number of benzene rings is 2. The summed E-state index contributed by atoms with van der Waals surface area (Å²) in [6, 6.07) is 8.49. The third-order valence-electron chi connectivity index (χ3n) is 4.13. The van der Waals surface area contributed by atoms with Crippen LogP contribution in [0.25, 0.3) is 5.69 Å². The first-order valence-electron chi connectivity index (χ1n) is 8.60. The van der Waals surface area contributed by atoms with Crippen LogP contribution >= 0.6 is 0 Å². The van der Waals surface area contributed by atoms with Gasteiger partial charge in [0.15, 0.2) is 23.1 Å². The Morgan fingerprint density at radius 2 is 1.90 bits per heavy atom. The number of hydrogen-bond acceptors (Lipinski definition) is 5. The summed E-state index contributed by atoms with van der Waals surface area (Å²) in [5.74, 6) is -5.56. The highest BCUT2D eigenvalue weighted by Gasteiger charge is 2.19. The number of halogens is 3. The highest BCUT2D eigenvalue weighted by atomic mass is 19.2. The van der Waals surface area contributed by atoms with Gasteiger partial charge in [-0.2, -0.15) is 0 Å². The molecule has 0 atom stereocenters. The summed E-state index contributed by atoms with van der Waals surface area (Å²) in [7, 11) is 1.52. The van der Waals surface area contributed by atoms with Crippen molar-refractivity contribution in [2.45, 2.75) is 6.92 Å². The van der Waals surface area contributed by atoms with Gasteiger partial charge in [-0.3, -0.25) is 9.59 Å². The molecular formula is C19H16F3N5O3. The maximum atomic E-state index is 13.6. The Morgan fingerprint density at radius 1 is 1.13 bits per heavy atom. The molecule has 0 aliphatic heterocycles. The van der Waals surface area contributed by atoms with Crippen LogP contribution in [0, 0.1) is 24.4 Å². The third-order valence-corrected chi connectivity index (χ3v) is 4.13. The molecule has 0 saturated carbocycles. The van der Waals surface area contributed by atoms with Gasteiger partial charge in [0.2, 0.25) is 5.91 Å². The van der Waals surface area contributed by atoms with Crippen molar-refractivity contribution < 1.29 is 27.5 Å². The normalized spacial score (nSPS) is 10.6. The van der Waals surface area contributed by atoms with E-state index in [-0.39, 0.29) is 5.69 Å². The van der Waals surface area contributed by atoms with Gasteiger partial charge in [-0.1, -0.05) is 11.3 Å². The summed E-state index contributed by atoms with van der Waals surface area (Å²) >= 11 is 0. The van der Waals surface area contributed by atoms with E-state index in [1.54, 1.807) is 31.2 Å². The van der Waals surface area contributed by atoms with Gasteiger partial charge in [-0.15, -0.1) is 5.10 Å². The second-order valence-corrected chi connectivity index (χ2v) is 6.09. The van der Waals surface area contributed by atoms with E-state index in [2.05, 4.69) is 20.9 Å². The second kappa shape index (κ2) is 8.64. The van der Waals surface area contributed by atoms with E-state index < -0.39 is 41.5 Å². The van der Waals surface area contributed by atoms with E-state index >= 15 is 0 Å². The van der Waals surface area contributed by atoms with E-state index in [9.17, 15) is 22.8 Å². The van der Waals surface area contributed by atoms with Gasteiger partial charge in [0.1, 0.15) is 5.75 Å². The van der Waals surface area contributed by atoms with Crippen LogP contribution in [0.3, 0.4) is 0 Å². The quantitative estimate of drug-likeness (QED) is 0.598. The van der Waals surface area contributed by atoms with Gasteiger partial charge >= 0.3 is 0 Å². The predicted octanol–water partition coefficient (Wildman–Crippen LogP) is 2.37. The molecule has 8 nitrogen and oxygen atoms in total. The summed E-state index contributed by atoms with van der Waals surface area (Å²) in [5.41, 5.74) is 0.454. The molecule has 2 N–H and O–H groups in total. The molecule has 0 unspecified atom stereocenters. The molecule has 2 amide bonds. The van der Waals surface area contributed by atoms with E-state index in [1.165, 1.54) is 11.8 Å². The largest absolute Gasteiger partial charge is 0.497 e. The smallest absolute Gasteiger partial charge is 0.274 e. The van der Waals surface area contributed by atoms with Gasteiger partial charge in [-0.25, -0.2) is 17.9 Å². The Morgan fingerprint density at radius 3 is 2.63 bits per heavy atom. The average molecular weight is 419 g/mol. The minimum atomic E-state index is -1.71. The molecule has 0 bridgehead atoms. The first-order chi connectivity index (χ1) is 14.3. The molecule has 0 fully saturated rings. The average Bonchev–Trinajstić information content (AvgIpc) is 3.14. The number of aromatic nitrogens is 3. The topological polar surface area (TPSA) is 98.1 Å². The molecule has 11 heteroatoms. The van der Waals surface area contributed by atoms with E-state index in [1.807, 2.05) is 0 Å². The first-order valence-corrected chi connectivity index (χ1v) is 8.60. The summed E-state index contributed by atoms with van der Waals surface area (Å²) < 4.78 is 46.3. The zero-order valence-electron chi connectivity index (χ0n) is 15.9. The van der Waals surface area contributed by atoms with E-state index in [0.717, 1.165) is 6.07 Å². The molecule has 0 aliphatic carbocycles. The van der Waals surface area contributed by atoms with Crippen molar-refractivity contribution in [2.24, 2.45) is 0 Å². The number of nitrogens with zero attached hydrogens (tertiary/aromatic N) is 3. The maximum Gasteiger partial charge on any atom is 0.274 e. The fourth-order valence-corrected chi connectivity index (χ4v) is 2.59. The number of ether oxygens (including phenoxy) is 1. The number of nitrogens with one attached hydrogen (secondary N) is 2. The molecule has 3 aromatic rings. The lowest BCUT2D eigenvalue weighted by Gasteiger charge is -2.08. The lowest BCUT2D eigenvalue weighted by Crippen LogP contribution is -2.33. The van der Waals surface area contributed by atoms with E-state index in [0.29, 0.717) is 23.2 Å². The molecule has 2 aromatic carbocycles. The molecular weight excluding hydrogens is 403 g/mol. The van der Waals surface area contributed by atoms with Crippen molar-refractivity contribution in [2.75, 3.05) is 19.0 Å². The van der Waals surface area contributed by atoms with Crippen LogP contribution in [-0.4, -0.2) is 40.5 Å². The van der Waals surface area contributed by atoms with Crippen LogP contribution in [0.5, 0.6) is 5.75 Å². The first kappa shape index (κ1) is 20.8. The molecule has 156 valence electrons. The lowest BCUT2D eigenvalue weighted by atomic mass is 10.2. The lowest BCUT2D eigenvalue weighted by molar-refractivity contribution is -0.115. The maximum absolute atomic E-state index is 13.6. The van der Waals surface area contributed by atoms with Crippen LogP contribution in [0.2, 0.25) is 0 Å². The number of hydrogen-bond donors (Lipinski definition) is 2. The van der Waals surface area contributed by atoms with Gasteiger partial charge in [0.05, 0.1) is 30.7 Å². The molecule has 1 heterocycles. The van der Waals surface area contributed by atoms with Crippen LogP contribution in [0.4, 0.5) is 18.9 Å². The van der Waals surface area contributed by atoms with Crippen LogP contribution in [0.1, 0.15) is 16.2 Å². The number of anilines is 1. The summed E-state index contributed by atoms with van der Waals surface area (Å²) in [6.45, 7) is 1.06. The highest BCUT2D eigenvalue weighted by molar-refractivity contribution is 5.98. The molecule has 0 radical (unpaired) electrons. The van der Waals surface area contributed by atoms with Gasteiger partial charge in [-0.05, 0) is 31.2 Å². The zero-order valence-corrected chi connectivity index (χ0v) is 15.9. The molecule has 3 rings (SSSR count). The summed E-state index contributed by atoms with van der Waals surface area (Å²) in [6.07, 6.45) is 0. The van der Waals surface area contributed by atoms with Crippen LogP contribution in [0.15, 0.2) is 36.4 Å². The van der Waals surface area contributed by atoms with Gasteiger partial charge in [0, 0.05) is 6.07 Å². The van der Waals surface area contributed by atoms with Crippen molar-refractivity contribution in [3.05, 3.63) is 65.2 Å². The fraction of sp³-hybridized carbons (Fsp3) is 0.158. The molecule has 30 heavy (non-hydrogen) atoms. The SMILES string of the molecule is COc1cccc(-n2nnc(C(=O)NCC(=O)Nc3ccc(F)c(F)c3F)c2C)c1. The number of rotatable bonds is 6. The van der Waals surface area contributed by atoms with Crippen LogP contribution in [-0.2, 0) is 4.79 Å². The number of carbonyl (C=O) groups excluding carboxylic acids is 2. The standard InChI is InChI=1S/C19H16F3N5O3/c1-10-18(25-26-27(10)11-4-3-5-12(8-11)30-2)19(29)23-9-15(28)24-14-7-6-13(20)16(21)17(14)22/h3-8H,9H2,1-2H3,(H,23,29)(H,24,28). The van der Waals surface area contributed by atoms with Crippen molar-refractivity contribution in [1.29, 1.82) is 0 Å².